The van der Waals surface area contributed by atoms with Crippen LogP contribution in [0.4, 0.5) is 5.69 Å². The number of piperidine rings is 1. The summed E-state index contributed by atoms with van der Waals surface area (Å²) in [5, 5.41) is 8.31. The number of likely N-dealkylation sites (tertiary alicyclic amines) is 1. The molecule has 170 valence electrons. The van der Waals surface area contributed by atoms with Crippen molar-refractivity contribution < 1.29 is 4.79 Å². The molecule has 0 aliphatic carbocycles. The van der Waals surface area contributed by atoms with Crippen molar-refractivity contribution >= 4 is 22.6 Å². The predicted octanol–water partition coefficient (Wildman–Crippen LogP) is 3.68. The maximum absolute atomic E-state index is 12.6. The topological polar surface area (TPSA) is 83.0 Å². The number of aryl methyl sites for hydroxylation is 3. The van der Waals surface area contributed by atoms with Crippen LogP contribution < -0.4 is 10.9 Å². The Morgan fingerprint density at radius 2 is 1.88 bits per heavy atom. The highest BCUT2D eigenvalue weighted by Crippen LogP contribution is 2.22. The molecule has 0 unspecified atom stereocenters. The quantitative estimate of drug-likeness (QED) is 0.619. The van der Waals surface area contributed by atoms with E-state index in [4.69, 9.17) is 0 Å². The number of carbonyl (C=O) groups is 1. The van der Waals surface area contributed by atoms with Gasteiger partial charge in [0.2, 0.25) is 5.91 Å². The fourth-order valence-corrected chi connectivity index (χ4v) is 4.69. The van der Waals surface area contributed by atoms with Crippen LogP contribution in [0.25, 0.3) is 11.0 Å². The molecule has 0 radical (unpaired) electrons. The lowest BCUT2D eigenvalue weighted by molar-refractivity contribution is -0.116. The zero-order valence-corrected chi connectivity index (χ0v) is 19.5. The van der Waals surface area contributed by atoms with Crippen LogP contribution in [-0.4, -0.2) is 38.7 Å². The third kappa shape index (κ3) is 4.78. The first-order valence-corrected chi connectivity index (χ1v) is 11.5. The molecule has 2 aromatic heterocycles. The van der Waals surface area contributed by atoms with Gasteiger partial charge in [0, 0.05) is 36.7 Å². The number of amides is 1. The van der Waals surface area contributed by atoms with Gasteiger partial charge in [-0.2, -0.15) is 5.10 Å². The maximum atomic E-state index is 12.6. The number of rotatable bonds is 6. The average Bonchev–Trinajstić information content (AvgIpc) is 3.04. The molecule has 0 atom stereocenters. The second-order valence-electron chi connectivity index (χ2n) is 9.19. The van der Waals surface area contributed by atoms with Crippen LogP contribution in [0, 0.1) is 19.8 Å². The van der Waals surface area contributed by atoms with E-state index in [9.17, 15) is 9.59 Å². The van der Waals surface area contributed by atoms with Gasteiger partial charge in [-0.05, 0) is 75.4 Å². The molecule has 3 heterocycles. The molecule has 0 saturated carbocycles. The van der Waals surface area contributed by atoms with E-state index < -0.39 is 0 Å². The highest BCUT2D eigenvalue weighted by Gasteiger charge is 2.17. The number of H-pyrrole nitrogens is 1. The van der Waals surface area contributed by atoms with Gasteiger partial charge in [-0.25, -0.2) is 0 Å². The van der Waals surface area contributed by atoms with Gasteiger partial charge in [-0.15, -0.1) is 0 Å². The van der Waals surface area contributed by atoms with E-state index in [1.165, 1.54) is 18.4 Å². The lowest BCUT2D eigenvalue weighted by Crippen LogP contribution is -2.32. The van der Waals surface area contributed by atoms with Crippen molar-refractivity contribution in [3.63, 3.8) is 0 Å². The highest BCUT2D eigenvalue weighted by atomic mass is 16.1. The van der Waals surface area contributed by atoms with E-state index >= 15 is 0 Å². The molecular weight excluding hydrogens is 402 g/mol. The Labute approximate surface area is 188 Å². The average molecular weight is 436 g/mol. The lowest BCUT2D eigenvalue weighted by atomic mass is 9.99. The van der Waals surface area contributed by atoms with Crippen LogP contribution in [0.15, 0.2) is 29.1 Å². The molecule has 2 N–H and O–H groups in total. The highest BCUT2D eigenvalue weighted by molar-refractivity contribution is 5.91. The fourth-order valence-electron chi connectivity index (χ4n) is 4.69. The minimum absolute atomic E-state index is 0.0930. The Kier molecular flexibility index (Phi) is 6.46. The monoisotopic (exact) mass is 435 g/mol. The number of hydrogen-bond donors (Lipinski definition) is 2. The van der Waals surface area contributed by atoms with Gasteiger partial charge in [0.25, 0.3) is 5.56 Å². The van der Waals surface area contributed by atoms with E-state index in [0.717, 1.165) is 53.5 Å². The summed E-state index contributed by atoms with van der Waals surface area (Å²) in [4.78, 5) is 30.5. The molecule has 0 spiro atoms. The number of fused-ring (bicyclic) bond motifs is 1. The number of nitrogens with one attached hydrogen (secondary N) is 2. The van der Waals surface area contributed by atoms with E-state index in [0.29, 0.717) is 12.0 Å². The number of aromatic amines is 1. The molecule has 7 heteroatoms. The molecule has 1 fully saturated rings. The summed E-state index contributed by atoms with van der Waals surface area (Å²) in [6.07, 6.45) is 3.18. The first kappa shape index (κ1) is 22.3. The Hall–Kier alpha value is -2.93. The van der Waals surface area contributed by atoms with Crippen molar-refractivity contribution in [3.05, 3.63) is 57.0 Å². The molecule has 1 aromatic carbocycles. The Morgan fingerprint density at radius 3 is 2.56 bits per heavy atom. The van der Waals surface area contributed by atoms with Crippen LogP contribution in [0.5, 0.6) is 0 Å². The van der Waals surface area contributed by atoms with E-state index in [2.05, 4.69) is 39.4 Å². The number of benzene rings is 1. The van der Waals surface area contributed by atoms with Crippen molar-refractivity contribution in [1.29, 1.82) is 0 Å². The molecule has 1 saturated heterocycles. The number of aromatic nitrogens is 3. The lowest BCUT2D eigenvalue weighted by Gasteiger charge is -2.30. The van der Waals surface area contributed by atoms with Crippen LogP contribution in [0.2, 0.25) is 0 Å². The Bertz CT molecular complexity index is 1170. The van der Waals surface area contributed by atoms with Crippen molar-refractivity contribution in [2.24, 2.45) is 13.0 Å². The molecule has 1 amide bonds. The minimum Gasteiger partial charge on any atom is -0.326 e. The number of pyridine rings is 1. The first-order chi connectivity index (χ1) is 15.3. The van der Waals surface area contributed by atoms with Crippen molar-refractivity contribution in [1.82, 2.24) is 19.7 Å². The standard InChI is InChI=1S/C25H33N5O2/c1-16-11-13-30(14-12-16)15-19-5-7-20(8-6-19)26-22(31)10-9-21-17(2)23-18(3)28-29(4)24(23)27-25(21)32/h5-8,16H,9-15H2,1-4H3,(H,26,31)(H,27,32). The van der Waals surface area contributed by atoms with E-state index in [-0.39, 0.29) is 17.9 Å². The van der Waals surface area contributed by atoms with Crippen LogP contribution in [-0.2, 0) is 24.8 Å². The maximum Gasteiger partial charge on any atom is 0.253 e. The second kappa shape index (κ2) is 9.28. The van der Waals surface area contributed by atoms with Gasteiger partial charge in [0.1, 0.15) is 5.65 Å². The summed E-state index contributed by atoms with van der Waals surface area (Å²) < 4.78 is 1.69. The molecule has 32 heavy (non-hydrogen) atoms. The predicted molar refractivity (Wildman–Crippen MR) is 128 cm³/mol. The zero-order valence-electron chi connectivity index (χ0n) is 19.5. The zero-order chi connectivity index (χ0) is 22.8. The second-order valence-corrected chi connectivity index (χ2v) is 9.19. The molecule has 1 aliphatic rings. The Balaban J connectivity index is 1.35. The molecule has 1 aliphatic heterocycles. The van der Waals surface area contributed by atoms with Gasteiger partial charge in [0.05, 0.1) is 5.69 Å². The molecule has 4 rings (SSSR count). The van der Waals surface area contributed by atoms with Crippen molar-refractivity contribution in [2.45, 2.75) is 53.0 Å². The van der Waals surface area contributed by atoms with Gasteiger partial charge < -0.3 is 10.3 Å². The number of hydrogen-bond acceptors (Lipinski definition) is 4. The molecular formula is C25H33N5O2. The SMILES string of the molecule is Cc1nn(C)c2[nH]c(=O)c(CCC(=O)Nc3ccc(CN4CCC(C)CC4)cc3)c(C)c12. The summed E-state index contributed by atoms with van der Waals surface area (Å²) in [6.45, 7) is 9.45. The number of nitrogens with zero attached hydrogens (tertiary/aromatic N) is 3. The smallest absolute Gasteiger partial charge is 0.253 e. The van der Waals surface area contributed by atoms with E-state index in [1.54, 1.807) is 4.68 Å². The van der Waals surface area contributed by atoms with E-state index in [1.807, 2.05) is 33.0 Å². The summed E-state index contributed by atoms with van der Waals surface area (Å²) in [5.41, 5.74) is 5.05. The van der Waals surface area contributed by atoms with Crippen molar-refractivity contribution in [3.8, 4) is 0 Å². The molecule has 7 nitrogen and oxygen atoms in total. The summed E-state index contributed by atoms with van der Waals surface area (Å²) in [5.74, 6) is 0.739. The fraction of sp³-hybridized carbons (Fsp3) is 0.480. The Morgan fingerprint density at radius 1 is 1.19 bits per heavy atom. The van der Waals surface area contributed by atoms with Gasteiger partial charge in [-0.3, -0.25) is 19.2 Å². The largest absolute Gasteiger partial charge is 0.326 e. The molecule has 3 aromatic rings. The van der Waals surface area contributed by atoms with Gasteiger partial charge in [-0.1, -0.05) is 19.1 Å². The van der Waals surface area contributed by atoms with Crippen molar-refractivity contribution in [2.75, 3.05) is 18.4 Å². The number of anilines is 1. The van der Waals surface area contributed by atoms with Gasteiger partial charge in [0.15, 0.2) is 0 Å². The molecule has 0 bridgehead atoms. The third-order valence-electron chi connectivity index (χ3n) is 6.68. The normalized spacial score (nSPS) is 15.4. The number of carbonyl (C=O) groups excluding carboxylic acids is 1. The van der Waals surface area contributed by atoms with Gasteiger partial charge >= 0.3 is 0 Å². The van der Waals surface area contributed by atoms with Crippen LogP contribution in [0.1, 0.15) is 48.6 Å². The van der Waals surface area contributed by atoms with Crippen LogP contribution in [0.3, 0.4) is 0 Å². The first-order valence-electron chi connectivity index (χ1n) is 11.5. The minimum atomic E-state index is -0.151. The summed E-state index contributed by atoms with van der Waals surface area (Å²) >= 11 is 0. The van der Waals surface area contributed by atoms with Crippen LogP contribution >= 0.6 is 0 Å². The summed E-state index contributed by atoms with van der Waals surface area (Å²) in [7, 11) is 1.82. The third-order valence-corrected chi connectivity index (χ3v) is 6.68. The summed E-state index contributed by atoms with van der Waals surface area (Å²) in [6, 6.07) is 8.09.